The Morgan fingerprint density at radius 3 is 2.80 bits per heavy atom. The zero-order chi connectivity index (χ0) is 14.1. The lowest BCUT2D eigenvalue weighted by atomic mass is 10.1. The summed E-state index contributed by atoms with van der Waals surface area (Å²) >= 11 is 0. The Bertz CT molecular complexity index is 560. The standard InChI is InChI=1S/C13H14N2O5/c16-12-5-8(13(17)14-18)7-15(12)9-1-2-10-11(6-9)20-4-3-19-10/h1-2,6,8,18H,3-5,7H2,(H,14,17)/t8-/m0/s1. The van der Waals surface area contributed by atoms with E-state index >= 15 is 0 Å². The Kier molecular flexibility index (Phi) is 3.19. The summed E-state index contributed by atoms with van der Waals surface area (Å²) in [6.45, 7) is 1.22. The van der Waals surface area contributed by atoms with Gasteiger partial charge in [-0.25, -0.2) is 5.48 Å². The number of ether oxygens (including phenoxy) is 2. The van der Waals surface area contributed by atoms with Crippen molar-refractivity contribution in [3.8, 4) is 11.5 Å². The summed E-state index contributed by atoms with van der Waals surface area (Å²) in [6, 6.07) is 5.23. The maximum Gasteiger partial charge on any atom is 0.248 e. The van der Waals surface area contributed by atoms with E-state index in [1.54, 1.807) is 23.7 Å². The number of anilines is 1. The fourth-order valence-corrected chi connectivity index (χ4v) is 2.42. The minimum absolute atomic E-state index is 0.0842. The van der Waals surface area contributed by atoms with Gasteiger partial charge >= 0.3 is 0 Å². The molecule has 7 nitrogen and oxygen atoms in total. The smallest absolute Gasteiger partial charge is 0.248 e. The molecule has 7 heteroatoms. The molecule has 2 aliphatic rings. The molecule has 0 aliphatic carbocycles. The van der Waals surface area contributed by atoms with Gasteiger partial charge in [0.05, 0.1) is 5.92 Å². The second kappa shape index (κ2) is 5.01. The molecule has 2 heterocycles. The highest BCUT2D eigenvalue weighted by Gasteiger charge is 2.35. The third-order valence-electron chi connectivity index (χ3n) is 3.44. The van der Waals surface area contributed by atoms with Crippen LogP contribution >= 0.6 is 0 Å². The van der Waals surface area contributed by atoms with Gasteiger partial charge < -0.3 is 14.4 Å². The molecule has 106 valence electrons. The molecular formula is C13H14N2O5. The summed E-state index contributed by atoms with van der Waals surface area (Å²) in [5.74, 6) is 0.00211. The summed E-state index contributed by atoms with van der Waals surface area (Å²) in [7, 11) is 0. The van der Waals surface area contributed by atoms with E-state index < -0.39 is 11.8 Å². The molecule has 0 bridgehead atoms. The van der Waals surface area contributed by atoms with Crippen LogP contribution in [0.25, 0.3) is 0 Å². The number of hydrogen-bond donors (Lipinski definition) is 2. The van der Waals surface area contributed by atoms with Crippen molar-refractivity contribution in [1.82, 2.24) is 5.48 Å². The molecule has 0 spiro atoms. The summed E-state index contributed by atoms with van der Waals surface area (Å²) in [6.07, 6.45) is 0.0842. The third-order valence-corrected chi connectivity index (χ3v) is 3.44. The summed E-state index contributed by atoms with van der Waals surface area (Å²) in [4.78, 5) is 24.9. The Balaban J connectivity index is 1.82. The Morgan fingerprint density at radius 2 is 2.05 bits per heavy atom. The second-order valence-corrected chi connectivity index (χ2v) is 4.71. The van der Waals surface area contributed by atoms with Gasteiger partial charge in [-0.05, 0) is 12.1 Å². The summed E-state index contributed by atoms with van der Waals surface area (Å²) < 4.78 is 10.9. The zero-order valence-corrected chi connectivity index (χ0v) is 10.7. The van der Waals surface area contributed by atoms with Crippen LogP contribution in [-0.2, 0) is 9.59 Å². The second-order valence-electron chi connectivity index (χ2n) is 4.71. The molecule has 0 unspecified atom stereocenters. The highest BCUT2D eigenvalue weighted by atomic mass is 16.6. The van der Waals surface area contributed by atoms with Crippen LogP contribution in [0, 0.1) is 5.92 Å². The molecular weight excluding hydrogens is 264 g/mol. The van der Waals surface area contributed by atoms with Crippen LogP contribution in [0.5, 0.6) is 11.5 Å². The van der Waals surface area contributed by atoms with Crippen LogP contribution in [0.15, 0.2) is 18.2 Å². The highest BCUT2D eigenvalue weighted by Crippen LogP contribution is 2.35. The largest absolute Gasteiger partial charge is 0.486 e. The van der Waals surface area contributed by atoms with Gasteiger partial charge in [-0.3, -0.25) is 14.8 Å². The van der Waals surface area contributed by atoms with Gasteiger partial charge in [-0.2, -0.15) is 0 Å². The molecule has 0 saturated carbocycles. The first-order valence-electron chi connectivity index (χ1n) is 6.33. The molecule has 0 aromatic heterocycles. The normalized spacial score (nSPS) is 20.9. The Hall–Kier alpha value is -2.28. The van der Waals surface area contributed by atoms with Gasteiger partial charge in [-0.1, -0.05) is 0 Å². The third kappa shape index (κ3) is 2.16. The molecule has 3 rings (SSSR count). The van der Waals surface area contributed by atoms with Crippen LogP contribution in [0.1, 0.15) is 6.42 Å². The predicted octanol–water partition coefficient (Wildman–Crippen LogP) is 0.316. The number of carbonyl (C=O) groups excluding carboxylic acids is 2. The van der Waals surface area contributed by atoms with Crippen molar-refractivity contribution >= 4 is 17.5 Å². The lowest BCUT2D eigenvalue weighted by Gasteiger charge is -2.22. The average molecular weight is 278 g/mol. The van der Waals surface area contributed by atoms with E-state index in [2.05, 4.69) is 0 Å². The van der Waals surface area contributed by atoms with Gasteiger partial charge in [-0.15, -0.1) is 0 Å². The molecule has 1 aromatic rings. The van der Waals surface area contributed by atoms with E-state index in [-0.39, 0.29) is 18.9 Å². The van der Waals surface area contributed by atoms with Crippen LogP contribution in [-0.4, -0.2) is 36.8 Å². The number of amides is 2. The topological polar surface area (TPSA) is 88.1 Å². The lowest BCUT2D eigenvalue weighted by molar-refractivity contribution is -0.133. The van der Waals surface area contributed by atoms with Crippen LogP contribution in [0.4, 0.5) is 5.69 Å². The van der Waals surface area contributed by atoms with Crippen molar-refractivity contribution in [2.75, 3.05) is 24.7 Å². The van der Waals surface area contributed by atoms with Crippen molar-refractivity contribution in [3.05, 3.63) is 18.2 Å². The van der Waals surface area contributed by atoms with Crippen LogP contribution in [0.2, 0.25) is 0 Å². The number of fused-ring (bicyclic) bond motifs is 1. The highest BCUT2D eigenvalue weighted by molar-refractivity contribution is 6.00. The molecule has 1 aromatic carbocycles. The minimum atomic E-state index is -0.543. The first kappa shape index (κ1) is 12.7. The fraction of sp³-hybridized carbons (Fsp3) is 0.385. The molecule has 20 heavy (non-hydrogen) atoms. The number of hydrogen-bond acceptors (Lipinski definition) is 5. The molecule has 0 radical (unpaired) electrons. The maximum atomic E-state index is 12.0. The number of nitrogens with one attached hydrogen (secondary N) is 1. The van der Waals surface area contributed by atoms with Crippen LogP contribution in [0.3, 0.4) is 0 Å². The Morgan fingerprint density at radius 1 is 1.30 bits per heavy atom. The zero-order valence-electron chi connectivity index (χ0n) is 10.7. The van der Waals surface area contributed by atoms with Gasteiger partial charge in [0.1, 0.15) is 13.2 Å². The predicted molar refractivity (Wildman–Crippen MR) is 67.8 cm³/mol. The lowest BCUT2D eigenvalue weighted by Crippen LogP contribution is -2.31. The molecule has 1 fully saturated rings. The molecule has 2 amide bonds. The number of carbonyl (C=O) groups is 2. The molecule has 1 atom stereocenters. The van der Waals surface area contributed by atoms with Crippen molar-refractivity contribution < 1.29 is 24.3 Å². The van der Waals surface area contributed by atoms with E-state index in [9.17, 15) is 9.59 Å². The molecule has 1 saturated heterocycles. The van der Waals surface area contributed by atoms with Crippen molar-refractivity contribution in [3.63, 3.8) is 0 Å². The first-order chi connectivity index (χ1) is 9.69. The van der Waals surface area contributed by atoms with Crippen molar-refractivity contribution in [2.24, 2.45) is 5.92 Å². The Labute approximate surface area is 115 Å². The fourth-order valence-electron chi connectivity index (χ4n) is 2.42. The monoisotopic (exact) mass is 278 g/mol. The van der Waals surface area contributed by atoms with Gasteiger partial charge in [0.2, 0.25) is 11.8 Å². The van der Waals surface area contributed by atoms with Gasteiger partial charge in [0, 0.05) is 24.7 Å². The van der Waals surface area contributed by atoms with Gasteiger partial charge in [0.25, 0.3) is 0 Å². The quantitative estimate of drug-likeness (QED) is 0.600. The maximum absolute atomic E-state index is 12.0. The van der Waals surface area contributed by atoms with E-state index in [1.165, 1.54) is 4.90 Å². The first-order valence-corrected chi connectivity index (χ1v) is 6.33. The van der Waals surface area contributed by atoms with E-state index in [1.807, 2.05) is 0 Å². The molecule has 2 aliphatic heterocycles. The number of nitrogens with zero attached hydrogens (tertiary/aromatic N) is 1. The summed E-state index contributed by atoms with van der Waals surface area (Å²) in [5, 5.41) is 8.63. The van der Waals surface area contributed by atoms with Gasteiger partial charge in [0.15, 0.2) is 11.5 Å². The van der Waals surface area contributed by atoms with E-state index in [0.717, 1.165) is 0 Å². The van der Waals surface area contributed by atoms with Crippen LogP contribution < -0.4 is 19.9 Å². The molecule has 2 N–H and O–H groups in total. The van der Waals surface area contributed by atoms with Crippen molar-refractivity contribution in [2.45, 2.75) is 6.42 Å². The number of rotatable bonds is 2. The SMILES string of the molecule is O=C(NO)[C@H]1CC(=O)N(c2ccc3c(c2)OCCO3)C1. The number of hydroxylamine groups is 1. The number of benzene rings is 1. The van der Waals surface area contributed by atoms with E-state index in [4.69, 9.17) is 14.7 Å². The summed E-state index contributed by atoms with van der Waals surface area (Å²) in [5.41, 5.74) is 2.25. The minimum Gasteiger partial charge on any atom is -0.486 e. The van der Waals surface area contributed by atoms with E-state index in [0.29, 0.717) is 30.4 Å². The average Bonchev–Trinajstić information content (AvgIpc) is 2.88. The van der Waals surface area contributed by atoms with Crippen molar-refractivity contribution in [1.29, 1.82) is 0 Å².